The van der Waals surface area contributed by atoms with Gasteiger partial charge in [0.2, 0.25) is 0 Å². The van der Waals surface area contributed by atoms with Crippen molar-refractivity contribution in [2.24, 2.45) is 4.99 Å². The number of nitrogens with one attached hydrogen (secondary N) is 2. The number of aliphatic imine (C=N–C) groups is 1. The molecule has 0 amide bonds. The van der Waals surface area contributed by atoms with Crippen LogP contribution in [0, 0.1) is 13.8 Å². The van der Waals surface area contributed by atoms with E-state index in [1.165, 1.54) is 5.56 Å². The van der Waals surface area contributed by atoms with E-state index in [-0.39, 0.29) is 0 Å². The second-order valence-electron chi connectivity index (χ2n) is 5.61. The van der Waals surface area contributed by atoms with E-state index >= 15 is 0 Å². The van der Waals surface area contributed by atoms with Crippen molar-refractivity contribution in [2.75, 3.05) is 0 Å². The molecule has 5 nitrogen and oxygen atoms in total. The van der Waals surface area contributed by atoms with Crippen LogP contribution in [0.3, 0.4) is 0 Å². The van der Waals surface area contributed by atoms with Gasteiger partial charge in [-0.3, -0.25) is 0 Å². The highest BCUT2D eigenvalue weighted by molar-refractivity contribution is 5.80. The molecule has 5 heteroatoms. The van der Waals surface area contributed by atoms with Gasteiger partial charge in [0, 0.05) is 18.2 Å². The summed E-state index contributed by atoms with van der Waals surface area (Å²) in [4.78, 5) is 4.64. The van der Waals surface area contributed by atoms with Crippen LogP contribution >= 0.6 is 0 Å². The lowest BCUT2D eigenvalue weighted by Gasteiger charge is -2.15. The summed E-state index contributed by atoms with van der Waals surface area (Å²) in [5.74, 6) is 1.64. The van der Waals surface area contributed by atoms with E-state index in [2.05, 4.69) is 46.8 Å². The first-order valence-electron chi connectivity index (χ1n) is 7.56. The molecule has 0 aliphatic rings. The van der Waals surface area contributed by atoms with Gasteiger partial charge in [0.25, 0.3) is 0 Å². The van der Waals surface area contributed by atoms with Crippen LogP contribution in [0.2, 0.25) is 0 Å². The number of guanidine groups is 1. The zero-order chi connectivity index (χ0) is 15.9. The van der Waals surface area contributed by atoms with Gasteiger partial charge in [0.1, 0.15) is 5.76 Å². The van der Waals surface area contributed by atoms with Gasteiger partial charge < -0.3 is 15.2 Å². The molecule has 1 aromatic carbocycles. The first kappa shape index (κ1) is 16.1. The Morgan fingerprint density at radius 3 is 2.55 bits per heavy atom. The summed E-state index contributed by atoms with van der Waals surface area (Å²) < 4.78 is 5.19. The first-order valence-corrected chi connectivity index (χ1v) is 7.56. The fourth-order valence-electron chi connectivity index (χ4n) is 2.11. The Bertz CT molecular complexity index is 597. The van der Waals surface area contributed by atoms with Gasteiger partial charge in [-0.1, -0.05) is 35.5 Å². The SMILES string of the molecule is Cc1noc(C)c1CNC(=NCc1ccccc1)NC(C)C. The topological polar surface area (TPSA) is 62.5 Å². The molecule has 0 atom stereocenters. The molecule has 0 fully saturated rings. The highest BCUT2D eigenvalue weighted by Gasteiger charge is 2.10. The number of aromatic nitrogens is 1. The summed E-state index contributed by atoms with van der Waals surface area (Å²) in [7, 11) is 0. The van der Waals surface area contributed by atoms with Crippen LogP contribution in [0.5, 0.6) is 0 Å². The van der Waals surface area contributed by atoms with Gasteiger partial charge in [-0.25, -0.2) is 4.99 Å². The molecule has 0 saturated carbocycles. The van der Waals surface area contributed by atoms with Crippen LogP contribution in [0.1, 0.15) is 36.4 Å². The average molecular weight is 300 g/mol. The zero-order valence-electron chi connectivity index (χ0n) is 13.7. The summed E-state index contributed by atoms with van der Waals surface area (Å²) in [5, 5.41) is 10.7. The Kier molecular flexibility index (Phi) is 5.58. The number of hydrogen-bond acceptors (Lipinski definition) is 3. The molecule has 0 aliphatic heterocycles. The lowest BCUT2D eigenvalue weighted by atomic mass is 10.2. The molecule has 22 heavy (non-hydrogen) atoms. The van der Waals surface area contributed by atoms with Gasteiger partial charge in [-0.15, -0.1) is 0 Å². The van der Waals surface area contributed by atoms with Crippen LogP contribution < -0.4 is 10.6 Å². The van der Waals surface area contributed by atoms with Gasteiger partial charge in [0.05, 0.1) is 12.2 Å². The van der Waals surface area contributed by atoms with Gasteiger partial charge >= 0.3 is 0 Å². The molecule has 0 bridgehead atoms. The van der Waals surface area contributed by atoms with Crippen molar-refractivity contribution in [2.45, 2.75) is 46.8 Å². The second kappa shape index (κ2) is 7.64. The predicted octanol–water partition coefficient (Wildman–Crippen LogP) is 2.94. The minimum absolute atomic E-state index is 0.312. The molecule has 2 N–H and O–H groups in total. The number of hydrogen-bond donors (Lipinski definition) is 2. The van der Waals surface area contributed by atoms with E-state index in [1.807, 2.05) is 32.0 Å². The van der Waals surface area contributed by atoms with Crippen molar-refractivity contribution in [1.29, 1.82) is 0 Å². The highest BCUT2D eigenvalue weighted by Crippen LogP contribution is 2.11. The molecule has 118 valence electrons. The monoisotopic (exact) mass is 300 g/mol. The Morgan fingerprint density at radius 2 is 1.95 bits per heavy atom. The summed E-state index contributed by atoms with van der Waals surface area (Å²) in [5.41, 5.74) is 3.18. The van der Waals surface area contributed by atoms with E-state index in [0.29, 0.717) is 19.1 Å². The van der Waals surface area contributed by atoms with Crippen LogP contribution in [-0.2, 0) is 13.1 Å². The molecule has 0 unspecified atom stereocenters. The third-order valence-electron chi connectivity index (χ3n) is 3.30. The van der Waals surface area contributed by atoms with Crippen LogP contribution in [0.25, 0.3) is 0 Å². The minimum Gasteiger partial charge on any atom is -0.361 e. The first-order chi connectivity index (χ1) is 10.6. The molecule has 1 aromatic heterocycles. The highest BCUT2D eigenvalue weighted by atomic mass is 16.5. The maximum absolute atomic E-state index is 5.19. The van der Waals surface area contributed by atoms with Crippen molar-refractivity contribution in [3.05, 3.63) is 52.9 Å². The number of nitrogens with zero attached hydrogens (tertiary/aromatic N) is 2. The molecule has 0 spiro atoms. The van der Waals surface area contributed by atoms with Gasteiger partial charge in [-0.05, 0) is 33.3 Å². The fraction of sp³-hybridized carbons (Fsp3) is 0.412. The quantitative estimate of drug-likeness (QED) is 0.658. The maximum atomic E-state index is 5.19. The Labute approximate surface area is 131 Å². The van der Waals surface area contributed by atoms with Crippen LogP contribution in [-0.4, -0.2) is 17.2 Å². The van der Waals surface area contributed by atoms with E-state index in [1.54, 1.807) is 0 Å². The Balaban J connectivity index is 2.03. The van der Waals surface area contributed by atoms with E-state index in [0.717, 1.165) is 23.0 Å². The number of rotatable bonds is 5. The lowest BCUT2D eigenvalue weighted by Crippen LogP contribution is -2.40. The lowest BCUT2D eigenvalue weighted by molar-refractivity contribution is 0.392. The zero-order valence-corrected chi connectivity index (χ0v) is 13.7. The summed E-state index contributed by atoms with van der Waals surface area (Å²) in [6, 6.07) is 10.5. The Morgan fingerprint density at radius 1 is 1.23 bits per heavy atom. The van der Waals surface area contributed by atoms with Crippen molar-refractivity contribution in [1.82, 2.24) is 15.8 Å². The Hall–Kier alpha value is -2.30. The van der Waals surface area contributed by atoms with Crippen LogP contribution in [0.4, 0.5) is 0 Å². The molecule has 0 radical (unpaired) electrons. The standard InChI is InChI=1S/C17H24N4O/c1-12(2)20-17(18-10-15-8-6-5-7-9-15)19-11-16-13(3)21-22-14(16)4/h5-9,12H,10-11H2,1-4H3,(H2,18,19,20). The third kappa shape index (κ3) is 4.62. The normalized spacial score (nSPS) is 11.8. The molecule has 2 rings (SSSR count). The van der Waals surface area contributed by atoms with Crippen molar-refractivity contribution in [3.63, 3.8) is 0 Å². The third-order valence-corrected chi connectivity index (χ3v) is 3.30. The number of benzene rings is 1. The van der Waals surface area contributed by atoms with Crippen molar-refractivity contribution >= 4 is 5.96 Å². The summed E-state index contributed by atoms with van der Waals surface area (Å²) >= 11 is 0. The molecule has 0 aliphatic carbocycles. The number of aryl methyl sites for hydroxylation is 2. The summed E-state index contributed by atoms with van der Waals surface area (Å²) in [6.45, 7) is 9.35. The molecular weight excluding hydrogens is 276 g/mol. The van der Waals surface area contributed by atoms with Crippen molar-refractivity contribution < 1.29 is 4.52 Å². The summed E-state index contributed by atoms with van der Waals surface area (Å²) in [6.07, 6.45) is 0. The average Bonchev–Trinajstić information content (AvgIpc) is 2.81. The fourth-order valence-corrected chi connectivity index (χ4v) is 2.11. The molecule has 1 heterocycles. The smallest absolute Gasteiger partial charge is 0.192 e. The van der Waals surface area contributed by atoms with E-state index < -0.39 is 0 Å². The van der Waals surface area contributed by atoms with Crippen molar-refractivity contribution in [3.8, 4) is 0 Å². The maximum Gasteiger partial charge on any atom is 0.192 e. The minimum atomic E-state index is 0.312. The van der Waals surface area contributed by atoms with Crippen LogP contribution in [0.15, 0.2) is 39.8 Å². The second-order valence-corrected chi connectivity index (χ2v) is 5.61. The molecule has 2 aromatic rings. The molecule has 0 saturated heterocycles. The van der Waals surface area contributed by atoms with Gasteiger partial charge in [0.15, 0.2) is 5.96 Å². The van der Waals surface area contributed by atoms with Gasteiger partial charge in [-0.2, -0.15) is 0 Å². The largest absolute Gasteiger partial charge is 0.361 e. The predicted molar refractivity (Wildman–Crippen MR) is 88.7 cm³/mol. The molecular formula is C17H24N4O. The van der Waals surface area contributed by atoms with E-state index in [4.69, 9.17) is 4.52 Å². The van der Waals surface area contributed by atoms with E-state index in [9.17, 15) is 0 Å².